The summed E-state index contributed by atoms with van der Waals surface area (Å²) in [6, 6.07) is 12.7. The number of benzene rings is 1. The van der Waals surface area contributed by atoms with Gasteiger partial charge in [-0.1, -0.05) is 36.8 Å². The molecule has 0 bridgehead atoms. The molecule has 0 saturated heterocycles. The van der Waals surface area contributed by atoms with Gasteiger partial charge in [0.1, 0.15) is 0 Å². The summed E-state index contributed by atoms with van der Waals surface area (Å²) >= 11 is 0. The quantitative estimate of drug-likeness (QED) is 0.821. The van der Waals surface area contributed by atoms with Crippen LogP contribution in [0.2, 0.25) is 0 Å². The van der Waals surface area contributed by atoms with Crippen molar-refractivity contribution in [3.63, 3.8) is 0 Å². The Morgan fingerprint density at radius 1 is 1.25 bits per heavy atom. The van der Waals surface area contributed by atoms with Gasteiger partial charge in [-0.05, 0) is 24.6 Å². The van der Waals surface area contributed by atoms with E-state index >= 15 is 0 Å². The van der Waals surface area contributed by atoms with Crippen LogP contribution in [0.15, 0.2) is 42.6 Å². The molecule has 2 heterocycles. The molecule has 0 unspecified atom stereocenters. The average Bonchev–Trinajstić information content (AvgIpc) is 2.93. The van der Waals surface area contributed by atoms with Gasteiger partial charge in [0.05, 0.1) is 6.04 Å². The van der Waals surface area contributed by atoms with Crippen molar-refractivity contribution >= 4 is 5.91 Å². The molecule has 3 nitrogen and oxygen atoms in total. The Hall–Kier alpha value is -2.03. The Balaban J connectivity index is 2.09. The highest BCUT2D eigenvalue weighted by Crippen LogP contribution is 2.33. The van der Waals surface area contributed by atoms with Gasteiger partial charge in [-0.25, -0.2) is 0 Å². The fourth-order valence-electron chi connectivity index (χ4n) is 3.05. The standard InChI is InChI=1S/C17H20N2O/c1-3-16(20)19-11-10-18-9-5-8-15(18)17(19)14-7-4-6-13(2)12-14/h4-9,12,17H,3,10-11H2,1-2H3/t17-/m1/s1. The van der Waals surface area contributed by atoms with E-state index in [0.717, 1.165) is 13.1 Å². The first-order valence-electron chi connectivity index (χ1n) is 7.21. The summed E-state index contributed by atoms with van der Waals surface area (Å²) in [5, 5.41) is 0. The van der Waals surface area contributed by atoms with Crippen molar-refractivity contribution in [1.29, 1.82) is 0 Å². The van der Waals surface area contributed by atoms with Crippen LogP contribution in [0.5, 0.6) is 0 Å². The maximum Gasteiger partial charge on any atom is 0.223 e. The van der Waals surface area contributed by atoms with Crippen LogP contribution in [-0.2, 0) is 11.3 Å². The molecule has 1 aromatic carbocycles. The van der Waals surface area contributed by atoms with E-state index in [1.54, 1.807) is 0 Å². The molecule has 3 rings (SSSR count). The van der Waals surface area contributed by atoms with Crippen LogP contribution in [0.1, 0.15) is 36.2 Å². The highest BCUT2D eigenvalue weighted by molar-refractivity contribution is 5.77. The number of amides is 1. The first kappa shape index (κ1) is 13.0. The van der Waals surface area contributed by atoms with Crippen LogP contribution >= 0.6 is 0 Å². The molecule has 0 saturated carbocycles. The van der Waals surface area contributed by atoms with E-state index in [0.29, 0.717) is 6.42 Å². The Morgan fingerprint density at radius 2 is 2.10 bits per heavy atom. The van der Waals surface area contributed by atoms with Gasteiger partial charge in [0, 0.05) is 31.4 Å². The van der Waals surface area contributed by atoms with Crippen LogP contribution in [-0.4, -0.2) is 21.9 Å². The molecule has 1 amide bonds. The zero-order chi connectivity index (χ0) is 14.1. The molecular formula is C17H20N2O. The van der Waals surface area contributed by atoms with Crippen LogP contribution < -0.4 is 0 Å². The van der Waals surface area contributed by atoms with Crippen molar-refractivity contribution in [3.05, 3.63) is 59.4 Å². The van der Waals surface area contributed by atoms with Gasteiger partial charge in [0.2, 0.25) is 5.91 Å². The summed E-state index contributed by atoms with van der Waals surface area (Å²) in [6.07, 6.45) is 2.66. The molecule has 0 radical (unpaired) electrons. The van der Waals surface area contributed by atoms with E-state index in [9.17, 15) is 4.79 Å². The van der Waals surface area contributed by atoms with Gasteiger partial charge in [-0.2, -0.15) is 0 Å². The van der Waals surface area contributed by atoms with E-state index in [1.165, 1.54) is 16.8 Å². The smallest absolute Gasteiger partial charge is 0.223 e. The zero-order valence-corrected chi connectivity index (χ0v) is 12.0. The predicted octanol–water partition coefficient (Wildman–Crippen LogP) is 3.14. The summed E-state index contributed by atoms with van der Waals surface area (Å²) in [5.74, 6) is 0.226. The fourth-order valence-corrected chi connectivity index (χ4v) is 3.05. The maximum absolute atomic E-state index is 12.3. The highest BCUT2D eigenvalue weighted by Gasteiger charge is 2.31. The minimum atomic E-state index is 0.0473. The number of hydrogen-bond acceptors (Lipinski definition) is 1. The molecule has 20 heavy (non-hydrogen) atoms. The lowest BCUT2D eigenvalue weighted by Crippen LogP contribution is -2.42. The molecule has 104 valence electrons. The normalized spacial score (nSPS) is 17.9. The molecule has 0 spiro atoms. The first-order valence-corrected chi connectivity index (χ1v) is 7.21. The molecule has 1 aliphatic heterocycles. The van der Waals surface area contributed by atoms with Gasteiger partial charge >= 0.3 is 0 Å². The van der Waals surface area contributed by atoms with Crippen LogP contribution in [0.25, 0.3) is 0 Å². The Morgan fingerprint density at radius 3 is 2.85 bits per heavy atom. The summed E-state index contributed by atoms with van der Waals surface area (Å²) in [5.41, 5.74) is 3.64. The number of fused-ring (bicyclic) bond motifs is 1. The van der Waals surface area contributed by atoms with E-state index < -0.39 is 0 Å². The van der Waals surface area contributed by atoms with Gasteiger partial charge in [-0.15, -0.1) is 0 Å². The molecule has 1 atom stereocenters. The van der Waals surface area contributed by atoms with Crippen LogP contribution in [0, 0.1) is 6.92 Å². The monoisotopic (exact) mass is 268 g/mol. The number of nitrogens with zero attached hydrogens (tertiary/aromatic N) is 2. The molecule has 2 aromatic rings. The van der Waals surface area contributed by atoms with Crippen LogP contribution in [0.4, 0.5) is 0 Å². The topological polar surface area (TPSA) is 25.2 Å². The summed E-state index contributed by atoms with van der Waals surface area (Å²) in [4.78, 5) is 14.3. The fraction of sp³-hybridized carbons (Fsp3) is 0.353. The lowest BCUT2D eigenvalue weighted by Gasteiger charge is -2.37. The number of hydrogen-bond donors (Lipinski definition) is 0. The lowest BCUT2D eigenvalue weighted by molar-refractivity contribution is -0.133. The molecule has 0 N–H and O–H groups in total. The third-order valence-electron chi connectivity index (χ3n) is 4.02. The van der Waals surface area contributed by atoms with Crippen molar-refractivity contribution in [2.45, 2.75) is 32.9 Å². The Kier molecular flexibility index (Phi) is 3.35. The van der Waals surface area contributed by atoms with E-state index in [4.69, 9.17) is 0 Å². The molecule has 0 fully saturated rings. The first-order chi connectivity index (χ1) is 9.70. The minimum Gasteiger partial charge on any atom is -0.348 e. The van der Waals surface area contributed by atoms with Gasteiger partial charge < -0.3 is 9.47 Å². The number of aryl methyl sites for hydroxylation is 1. The number of carbonyl (C=O) groups is 1. The Bertz CT molecular complexity index is 629. The minimum absolute atomic E-state index is 0.0473. The van der Waals surface area contributed by atoms with Gasteiger partial charge in [0.25, 0.3) is 0 Å². The second-order valence-electron chi connectivity index (χ2n) is 5.38. The summed E-state index contributed by atoms with van der Waals surface area (Å²) < 4.78 is 2.26. The number of rotatable bonds is 2. The van der Waals surface area contributed by atoms with Crippen molar-refractivity contribution in [2.24, 2.45) is 0 Å². The SMILES string of the molecule is CCC(=O)N1CCn2cccc2[C@H]1c1cccc(C)c1. The van der Waals surface area contributed by atoms with Crippen molar-refractivity contribution < 1.29 is 4.79 Å². The van der Waals surface area contributed by atoms with E-state index in [1.807, 2.05) is 11.8 Å². The maximum atomic E-state index is 12.3. The third kappa shape index (κ3) is 2.13. The number of aromatic nitrogens is 1. The second-order valence-corrected chi connectivity index (χ2v) is 5.38. The van der Waals surface area contributed by atoms with Crippen molar-refractivity contribution in [3.8, 4) is 0 Å². The van der Waals surface area contributed by atoms with Gasteiger partial charge in [-0.3, -0.25) is 4.79 Å². The van der Waals surface area contributed by atoms with Gasteiger partial charge in [0.15, 0.2) is 0 Å². The Labute approximate surface area is 119 Å². The van der Waals surface area contributed by atoms with Crippen molar-refractivity contribution in [1.82, 2.24) is 9.47 Å². The van der Waals surface area contributed by atoms with E-state index in [2.05, 4.69) is 54.1 Å². The third-order valence-corrected chi connectivity index (χ3v) is 4.02. The summed E-state index contributed by atoms with van der Waals surface area (Å²) in [6.45, 7) is 5.70. The second kappa shape index (κ2) is 5.16. The molecule has 1 aromatic heterocycles. The zero-order valence-electron chi connectivity index (χ0n) is 12.0. The number of carbonyl (C=O) groups excluding carboxylic acids is 1. The molecule has 0 aliphatic carbocycles. The molecule has 1 aliphatic rings. The summed E-state index contributed by atoms with van der Waals surface area (Å²) in [7, 11) is 0. The largest absolute Gasteiger partial charge is 0.348 e. The average molecular weight is 268 g/mol. The predicted molar refractivity (Wildman–Crippen MR) is 79.5 cm³/mol. The highest BCUT2D eigenvalue weighted by atomic mass is 16.2. The lowest BCUT2D eigenvalue weighted by atomic mass is 9.98. The van der Waals surface area contributed by atoms with E-state index in [-0.39, 0.29) is 11.9 Å². The van der Waals surface area contributed by atoms with Crippen LogP contribution in [0.3, 0.4) is 0 Å². The van der Waals surface area contributed by atoms with Crippen molar-refractivity contribution in [2.75, 3.05) is 6.54 Å². The molecular weight excluding hydrogens is 248 g/mol. The molecule has 3 heteroatoms.